The fraction of sp³-hybridized carbons (Fsp3) is 0.900. The fourth-order valence-corrected chi connectivity index (χ4v) is 11.5. The van der Waals surface area contributed by atoms with E-state index in [1.807, 2.05) is 0 Å². The molecule has 5 aliphatic rings. The highest BCUT2D eigenvalue weighted by molar-refractivity contribution is 5.76. The normalized spacial score (nSPS) is 55.0. The quantitative estimate of drug-likeness (QED) is 0.436. The van der Waals surface area contributed by atoms with Crippen molar-refractivity contribution < 1.29 is 15.0 Å². The molecule has 3 nitrogen and oxygen atoms in total. The average molecular weight is 457 g/mol. The highest BCUT2D eigenvalue weighted by Crippen LogP contribution is 2.77. The van der Waals surface area contributed by atoms with Gasteiger partial charge in [0.05, 0.1) is 11.5 Å². The summed E-state index contributed by atoms with van der Waals surface area (Å²) in [5, 5.41) is 21.4. The summed E-state index contributed by atoms with van der Waals surface area (Å²) < 4.78 is 0. The van der Waals surface area contributed by atoms with Gasteiger partial charge in [-0.15, -0.1) is 0 Å². The lowest BCUT2D eigenvalue weighted by Gasteiger charge is -2.72. The van der Waals surface area contributed by atoms with Crippen LogP contribution in [0, 0.1) is 56.7 Å². The van der Waals surface area contributed by atoms with E-state index in [9.17, 15) is 15.0 Å². The number of rotatable bonds is 2. The minimum Gasteiger partial charge on any atom is -0.481 e. The largest absolute Gasteiger partial charge is 0.481 e. The van der Waals surface area contributed by atoms with Crippen LogP contribution in [0.25, 0.3) is 0 Å². The molecule has 5 saturated carbocycles. The van der Waals surface area contributed by atoms with Crippen LogP contribution in [0.1, 0.15) is 106 Å². The van der Waals surface area contributed by atoms with E-state index in [0.717, 1.165) is 38.5 Å². The number of hydrogen-bond donors (Lipinski definition) is 2. The van der Waals surface area contributed by atoms with Crippen LogP contribution in [0.3, 0.4) is 0 Å². The van der Waals surface area contributed by atoms with Crippen molar-refractivity contribution in [3.05, 3.63) is 12.2 Å². The first-order valence-electron chi connectivity index (χ1n) is 13.8. The number of carboxylic acid groups (broad SMARTS) is 1. The van der Waals surface area contributed by atoms with Crippen molar-refractivity contribution in [2.45, 2.75) is 112 Å². The van der Waals surface area contributed by atoms with Gasteiger partial charge in [0, 0.05) is 0 Å². The zero-order chi connectivity index (χ0) is 24.2. The van der Waals surface area contributed by atoms with E-state index in [2.05, 4.69) is 48.1 Å². The Morgan fingerprint density at radius 1 is 0.818 bits per heavy atom. The molecule has 0 amide bonds. The lowest BCUT2D eigenvalue weighted by Crippen LogP contribution is -2.67. The summed E-state index contributed by atoms with van der Waals surface area (Å²) >= 11 is 0. The summed E-state index contributed by atoms with van der Waals surface area (Å²) in [5.74, 6) is 1.79. The Bertz CT molecular complexity index is 861. The molecule has 10 atom stereocenters. The molecule has 186 valence electrons. The molecule has 33 heavy (non-hydrogen) atoms. The molecule has 5 fully saturated rings. The lowest BCUT2D eigenvalue weighted by molar-refractivity contribution is -0.248. The monoisotopic (exact) mass is 456 g/mol. The number of fused-ring (bicyclic) bond motifs is 7. The van der Waals surface area contributed by atoms with Crippen molar-refractivity contribution >= 4 is 5.97 Å². The van der Waals surface area contributed by atoms with Gasteiger partial charge >= 0.3 is 5.97 Å². The average Bonchev–Trinajstić information content (AvgIpc) is 3.13. The van der Waals surface area contributed by atoms with Gasteiger partial charge < -0.3 is 10.2 Å². The van der Waals surface area contributed by atoms with E-state index in [1.54, 1.807) is 0 Å². The Morgan fingerprint density at radius 3 is 2.15 bits per heavy atom. The molecule has 0 aliphatic heterocycles. The van der Waals surface area contributed by atoms with E-state index < -0.39 is 11.4 Å². The van der Waals surface area contributed by atoms with Crippen molar-refractivity contribution in [1.82, 2.24) is 0 Å². The van der Waals surface area contributed by atoms with Crippen LogP contribution >= 0.6 is 0 Å². The maximum Gasteiger partial charge on any atom is 0.309 e. The number of carboxylic acids is 1. The van der Waals surface area contributed by atoms with Crippen LogP contribution in [0.4, 0.5) is 0 Å². The highest BCUT2D eigenvalue weighted by atomic mass is 16.4. The predicted octanol–water partition coefficient (Wildman–Crippen LogP) is 7.09. The molecule has 0 aromatic carbocycles. The Morgan fingerprint density at radius 2 is 1.52 bits per heavy atom. The van der Waals surface area contributed by atoms with E-state index in [4.69, 9.17) is 0 Å². The summed E-state index contributed by atoms with van der Waals surface area (Å²) in [4.78, 5) is 12.8. The Balaban J connectivity index is 1.57. The third-order valence-corrected chi connectivity index (χ3v) is 13.5. The molecule has 0 spiro atoms. The Labute approximate surface area is 201 Å². The predicted molar refractivity (Wildman–Crippen MR) is 133 cm³/mol. The second kappa shape index (κ2) is 7.11. The maximum absolute atomic E-state index is 12.8. The molecular formula is C30H48O3. The van der Waals surface area contributed by atoms with Crippen LogP contribution in [0.5, 0.6) is 0 Å². The standard InChI is InChI=1S/C30H48O3/c1-18(2)19-10-15-30(25(32)33)17-16-28(6)20(24(19)30)8-9-22-27(5)13-12-23(31)26(3,4)21(27)11-14-29(22,28)7/h19-24,31H,1,8-17H2,2-7H3,(H,32,33)/t19-,20+,21-,22-,23+,24+,27+,28-,29-,30+/m1/s1. The van der Waals surface area contributed by atoms with Gasteiger partial charge in [0.2, 0.25) is 0 Å². The molecule has 0 heterocycles. The molecule has 0 saturated heterocycles. The van der Waals surface area contributed by atoms with Crippen LogP contribution in [0.15, 0.2) is 12.2 Å². The Hall–Kier alpha value is -0.830. The molecule has 0 bridgehead atoms. The molecule has 2 N–H and O–H groups in total. The minimum absolute atomic E-state index is 0.0202. The van der Waals surface area contributed by atoms with Crippen LogP contribution in [-0.4, -0.2) is 22.3 Å². The molecule has 0 aromatic heterocycles. The third kappa shape index (κ3) is 2.75. The maximum atomic E-state index is 12.8. The second-order valence-electron chi connectivity index (χ2n) is 14.5. The molecule has 5 aliphatic carbocycles. The zero-order valence-electron chi connectivity index (χ0n) is 22.0. The van der Waals surface area contributed by atoms with Gasteiger partial charge in [-0.2, -0.15) is 0 Å². The van der Waals surface area contributed by atoms with Gasteiger partial charge in [0.15, 0.2) is 0 Å². The summed E-state index contributed by atoms with van der Waals surface area (Å²) in [6, 6.07) is 0. The van der Waals surface area contributed by atoms with Gasteiger partial charge in [0.25, 0.3) is 0 Å². The van der Waals surface area contributed by atoms with Crippen molar-refractivity contribution in [3.8, 4) is 0 Å². The third-order valence-electron chi connectivity index (χ3n) is 13.5. The summed E-state index contributed by atoms with van der Waals surface area (Å²) in [5.41, 5.74) is 1.35. The lowest BCUT2D eigenvalue weighted by atomic mass is 9.32. The van der Waals surface area contributed by atoms with Crippen molar-refractivity contribution in [3.63, 3.8) is 0 Å². The number of aliphatic hydroxyl groups is 1. The first-order chi connectivity index (χ1) is 15.3. The second-order valence-corrected chi connectivity index (χ2v) is 14.5. The van der Waals surface area contributed by atoms with Gasteiger partial charge in [-0.3, -0.25) is 4.79 Å². The number of aliphatic hydroxyl groups excluding tert-OH is 1. The number of hydrogen-bond acceptors (Lipinski definition) is 2. The molecule has 0 aromatic rings. The fourth-order valence-electron chi connectivity index (χ4n) is 11.5. The van der Waals surface area contributed by atoms with E-state index in [0.29, 0.717) is 23.7 Å². The van der Waals surface area contributed by atoms with E-state index >= 15 is 0 Å². The van der Waals surface area contributed by atoms with Gasteiger partial charge in [-0.05, 0) is 122 Å². The first kappa shape index (κ1) is 23.9. The van der Waals surface area contributed by atoms with Crippen molar-refractivity contribution in [2.75, 3.05) is 0 Å². The number of carbonyl (C=O) groups is 1. The topological polar surface area (TPSA) is 57.5 Å². The van der Waals surface area contributed by atoms with Gasteiger partial charge in [0.1, 0.15) is 0 Å². The number of allylic oxidation sites excluding steroid dienone is 1. The molecular weight excluding hydrogens is 408 g/mol. The molecule has 0 radical (unpaired) electrons. The molecule has 5 rings (SSSR count). The summed E-state index contributed by atoms with van der Waals surface area (Å²) in [7, 11) is 0. The first-order valence-corrected chi connectivity index (χ1v) is 13.8. The van der Waals surface area contributed by atoms with E-state index in [1.165, 1.54) is 31.3 Å². The van der Waals surface area contributed by atoms with Crippen LogP contribution in [-0.2, 0) is 4.79 Å². The SMILES string of the molecule is C=C(C)[C@H]1CC[C@]2(C(=O)O)CC[C@]3(C)[C@@H](CC[C@@H]4[C@@]5(C)CC[C@H](O)C(C)(C)[C@H]5CC[C@]43C)[C@H]12. The minimum atomic E-state index is -0.538. The molecule has 0 unspecified atom stereocenters. The molecule has 3 heteroatoms. The van der Waals surface area contributed by atoms with Gasteiger partial charge in [-0.1, -0.05) is 46.8 Å². The van der Waals surface area contributed by atoms with Crippen molar-refractivity contribution in [1.29, 1.82) is 0 Å². The van der Waals surface area contributed by atoms with Crippen LogP contribution in [0.2, 0.25) is 0 Å². The smallest absolute Gasteiger partial charge is 0.309 e. The summed E-state index contributed by atoms with van der Waals surface area (Å²) in [6.45, 7) is 18.8. The van der Waals surface area contributed by atoms with Gasteiger partial charge in [-0.25, -0.2) is 0 Å². The highest BCUT2D eigenvalue weighted by Gasteiger charge is 2.71. The number of aliphatic carboxylic acids is 1. The zero-order valence-corrected chi connectivity index (χ0v) is 22.0. The Kier molecular flexibility index (Phi) is 5.15. The van der Waals surface area contributed by atoms with Crippen LogP contribution < -0.4 is 0 Å². The van der Waals surface area contributed by atoms with Crippen molar-refractivity contribution in [2.24, 2.45) is 56.7 Å². The summed E-state index contributed by atoms with van der Waals surface area (Å²) in [6.07, 6.45) is 10.5. The van der Waals surface area contributed by atoms with E-state index in [-0.39, 0.29) is 33.7 Å².